The van der Waals surface area contributed by atoms with Gasteiger partial charge in [0.15, 0.2) is 0 Å². The van der Waals surface area contributed by atoms with Crippen molar-refractivity contribution < 1.29 is 4.39 Å². The molecule has 0 spiro atoms. The summed E-state index contributed by atoms with van der Waals surface area (Å²) in [7, 11) is 0. The van der Waals surface area contributed by atoms with Crippen molar-refractivity contribution in [2.45, 2.75) is 6.92 Å². The van der Waals surface area contributed by atoms with E-state index < -0.39 is 0 Å². The normalized spacial score (nSPS) is 11.7. The molecule has 0 aliphatic heterocycles. The van der Waals surface area contributed by atoms with Gasteiger partial charge in [-0.05, 0) is 30.7 Å². The van der Waals surface area contributed by atoms with Gasteiger partial charge in [-0.1, -0.05) is 23.7 Å². The minimum atomic E-state index is -0.227. The van der Waals surface area contributed by atoms with E-state index in [1.807, 2.05) is 0 Å². The first-order chi connectivity index (χ1) is 5.18. The minimum absolute atomic E-state index is 0.227. The van der Waals surface area contributed by atoms with Gasteiger partial charge in [-0.25, -0.2) is 4.39 Å². The highest BCUT2D eigenvalue weighted by Gasteiger charge is 1.89. The molecule has 0 aliphatic carbocycles. The van der Waals surface area contributed by atoms with Gasteiger partial charge < -0.3 is 0 Å². The number of hydrogen-bond donors (Lipinski definition) is 0. The molecule has 0 radical (unpaired) electrons. The molecular weight excluding hydrogens is 163 g/mol. The van der Waals surface area contributed by atoms with Crippen molar-refractivity contribution in [3.8, 4) is 0 Å². The van der Waals surface area contributed by atoms with Crippen LogP contribution in [0, 0.1) is 5.82 Å². The Bertz CT molecular complexity index is 257. The first-order valence-corrected chi connectivity index (χ1v) is 3.65. The van der Waals surface area contributed by atoms with Crippen LogP contribution < -0.4 is 0 Å². The van der Waals surface area contributed by atoms with Gasteiger partial charge in [-0.2, -0.15) is 0 Å². The molecule has 0 heterocycles. The van der Waals surface area contributed by atoms with E-state index in [2.05, 4.69) is 0 Å². The van der Waals surface area contributed by atoms with Gasteiger partial charge in [0, 0.05) is 5.03 Å². The van der Waals surface area contributed by atoms with Crippen LogP contribution in [-0.4, -0.2) is 0 Å². The minimum Gasteiger partial charge on any atom is -0.207 e. The molecule has 2 heteroatoms. The van der Waals surface area contributed by atoms with Crippen LogP contribution in [0.5, 0.6) is 0 Å². The van der Waals surface area contributed by atoms with Crippen LogP contribution in [0.15, 0.2) is 29.3 Å². The lowest BCUT2D eigenvalue weighted by atomic mass is 10.2. The van der Waals surface area contributed by atoms with Crippen LogP contribution in [0.3, 0.4) is 0 Å². The van der Waals surface area contributed by atoms with Gasteiger partial charge in [-0.3, -0.25) is 0 Å². The molecule has 0 aromatic heterocycles. The highest BCUT2D eigenvalue weighted by Crippen LogP contribution is 2.09. The number of halogens is 2. The van der Waals surface area contributed by atoms with Crippen LogP contribution in [-0.2, 0) is 0 Å². The second-order valence-electron chi connectivity index (χ2n) is 2.28. The van der Waals surface area contributed by atoms with Crippen molar-refractivity contribution in [1.29, 1.82) is 0 Å². The lowest BCUT2D eigenvalue weighted by molar-refractivity contribution is 0.628. The maximum atomic E-state index is 12.4. The maximum Gasteiger partial charge on any atom is 0.123 e. The third kappa shape index (κ3) is 2.72. The number of allylic oxidation sites excluding steroid dienone is 1. The summed E-state index contributed by atoms with van der Waals surface area (Å²) in [6.07, 6.45) is 1.78. The van der Waals surface area contributed by atoms with Crippen molar-refractivity contribution in [2.24, 2.45) is 0 Å². The number of rotatable bonds is 1. The fourth-order valence-corrected chi connectivity index (χ4v) is 0.915. The molecule has 1 aromatic rings. The summed E-state index contributed by atoms with van der Waals surface area (Å²) in [6, 6.07) is 6.18. The molecule has 1 rings (SSSR count). The topological polar surface area (TPSA) is 0 Å². The average Bonchev–Trinajstić information content (AvgIpc) is 1.93. The first-order valence-electron chi connectivity index (χ1n) is 3.28. The molecule has 0 N–H and O–H groups in total. The van der Waals surface area contributed by atoms with Crippen molar-refractivity contribution in [1.82, 2.24) is 0 Å². The van der Waals surface area contributed by atoms with Crippen LogP contribution in [0.25, 0.3) is 6.08 Å². The molecule has 0 saturated carbocycles. The molecule has 11 heavy (non-hydrogen) atoms. The molecule has 58 valence electrons. The summed E-state index contributed by atoms with van der Waals surface area (Å²) in [6.45, 7) is 1.78. The number of benzene rings is 1. The third-order valence-electron chi connectivity index (χ3n) is 1.24. The quantitative estimate of drug-likeness (QED) is 0.606. The molecule has 0 amide bonds. The van der Waals surface area contributed by atoms with E-state index in [0.29, 0.717) is 5.03 Å². The van der Waals surface area contributed by atoms with Crippen LogP contribution >= 0.6 is 11.6 Å². The van der Waals surface area contributed by atoms with E-state index in [0.717, 1.165) is 5.56 Å². The Morgan fingerprint density at radius 1 is 1.36 bits per heavy atom. The lowest BCUT2D eigenvalue weighted by Crippen LogP contribution is -1.74. The summed E-state index contributed by atoms with van der Waals surface area (Å²) in [5.41, 5.74) is 0.916. The van der Waals surface area contributed by atoms with E-state index in [-0.39, 0.29) is 5.82 Å². The van der Waals surface area contributed by atoms with E-state index in [1.165, 1.54) is 12.1 Å². The molecule has 0 saturated heterocycles. The van der Waals surface area contributed by atoms with E-state index in [4.69, 9.17) is 11.6 Å². The van der Waals surface area contributed by atoms with Gasteiger partial charge in [0.1, 0.15) is 5.82 Å². The van der Waals surface area contributed by atoms with Gasteiger partial charge >= 0.3 is 0 Å². The average molecular weight is 171 g/mol. The Hall–Kier alpha value is -0.820. The summed E-state index contributed by atoms with van der Waals surface area (Å²) < 4.78 is 12.4. The Kier molecular flexibility index (Phi) is 2.66. The molecule has 0 atom stereocenters. The zero-order chi connectivity index (χ0) is 8.27. The summed E-state index contributed by atoms with van der Waals surface area (Å²) in [4.78, 5) is 0. The molecule has 0 unspecified atom stereocenters. The fraction of sp³-hybridized carbons (Fsp3) is 0.111. The van der Waals surface area contributed by atoms with Crippen molar-refractivity contribution in [3.05, 3.63) is 40.7 Å². The SMILES string of the molecule is C/C(Cl)=C/c1ccc(F)cc1. The van der Waals surface area contributed by atoms with E-state index >= 15 is 0 Å². The Morgan fingerprint density at radius 2 is 1.91 bits per heavy atom. The molecule has 0 aliphatic rings. The highest BCUT2D eigenvalue weighted by molar-refractivity contribution is 6.31. The van der Waals surface area contributed by atoms with Crippen LogP contribution in [0.4, 0.5) is 4.39 Å². The summed E-state index contributed by atoms with van der Waals surface area (Å²) in [5, 5.41) is 0.691. The zero-order valence-electron chi connectivity index (χ0n) is 6.14. The second kappa shape index (κ2) is 3.54. The van der Waals surface area contributed by atoms with E-state index in [9.17, 15) is 4.39 Å². The van der Waals surface area contributed by atoms with Crippen molar-refractivity contribution >= 4 is 17.7 Å². The predicted molar refractivity (Wildman–Crippen MR) is 45.9 cm³/mol. The van der Waals surface area contributed by atoms with E-state index in [1.54, 1.807) is 25.1 Å². The monoisotopic (exact) mass is 170 g/mol. The molecule has 0 fully saturated rings. The Labute approximate surface area is 70.3 Å². The third-order valence-corrected chi connectivity index (χ3v) is 1.34. The highest BCUT2D eigenvalue weighted by atomic mass is 35.5. The van der Waals surface area contributed by atoms with Gasteiger partial charge in [0.2, 0.25) is 0 Å². The standard InChI is InChI=1S/C9H8ClF/c1-7(10)6-8-2-4-9(11)5-3-8/h2-6H,1H3/b7-6-. The maximum absolute atomic E-state index is 12.4. The van der Waals surface area contributed by atoms with Gasteiger partial charge in [0.05, 0.1) is 0 Å². The summed E-state index contributed by atoms with van der Waals surface area (Å²) >= 11 is 5.62. The lowest BCUT2D eigenvalue weighted by Gasteiger charge is -1.92. The second-order valence-corrected chi connectivity index (χ2v) is 2.88. The Morgan fingerprint density at radius 3 is 2.36 bits per heavy atom. The van der Waals surface area contributed by atoms with Crippen LogP contribution in [0.2, 0.25) is 0 Å². The summed E-state index contributed by atoms with van der Waals surface area (Å²) in [5.74, 6) is -0.227. The molecule has 0 bridgehead atoms. The molecule has 1 aromatic carbocycles. The number of hydrogen-bond acceptors (Lipinski definition) is 0. The first kappa shape index (κ1) is 8.28. The largest absolute Gasteiger partial charge is 0.207 e. The van der Waals surface area contributed by atoms with Gasteiger partial charge in [0.25, 0.3) is 0 Å². The predicted octanol–water partition coefficient (Wildman–Crippen LogP) is 3.43. The molecule has 0 nitrogen and oxygen atoms in total. The van der Waals surface area contributed by atoms with Crippen molar-refractivity contribution in [2.75, 3.05) is 0 Å². The molecular formula is C9H8ClF. The van der Waals surface area contributed by atoms with Crippen LogP contribution in [0.1, 0.15) is 12.5 Å². The van der Waals surface area contributed by atoms with Crippen molar-refractivity contribution in [3.63, 3.8) is 0 Å². The zero-order valence-corrected chi connectivity index (χ0v) is 6.90. The Balaban J connectivity index is 2.91. The smallest absolute Gasteiger partial charge is 0.123 e. The fourth-order valence-electron chi connectivity index (χ4n) is 0.789. The van der Waals surface area contributed by atoms with Gasteiger partial charge in [-0.15, -0.1) is 0 Å².